The lowest BCUT2D eigenvalue weighted by molar-refractivity contribution is 0.152. The molecule has 2 aromatic rings. The van der Waals surface area contributed by atoms with Crippen LogP contribution < -0.4 is 9.47 Å². The predicted molar refractivity (Wildman–Crippen MR) is 110 cm³/mol. The van der Waals surface area contributed by atoms with Crippen molar-refractivity contribution >= 4 is 5.57 Å². The second kappa shape index (κ2) is 8.15. The fourth-order valence-electron chi connectivity index (χ4n) is 4.93. The Balaban J connectivity index is 1.85. The van der Waals surface area contributed by atoms with E-state index in [1.807, 2.05) is 0 Å². The molecule has 0 radical (unpaired) electrons. The van der Waals surface area contributed by atoms with Gasteiger partial charge in [-0.15, -0.1) is 0 Å². The zero-order chi connectivity index (χ0) is 20.5. The van der Waals surface area contributed by atoms with Gasteiger partial charge in [0.05, 0.1) is 14.2 Å². The Morgan fingerprint density at radius 2 is 1.38 bits per heavy atom. The number of piperidine rings is 1. The number of nitrogens with zero attached hydrogens (tertiary/aromatic N) is 1. The van der Waals surface area contributed by atoms with E-state index in [4.69, 9.17) is 9.47 Å². The van der Waals surface area contributed by atoms with Gasteiger partial charge in [-0.3, -0.25) is 0 Å². The number of halogens is 2. The molecule has 2 aromatic carbocycles. The lowest BCUT2D eigenvalue weighted by Gasteiger charge is -2.35. The minimum atomic E-state index is -0.356. The molecule has 0 aromatic heterocycles. The Hall–Kier alpha value is -2.40. The van der Waals surface area contributed by atoms with Gasteiger partial charge >= 0.3 is 0 Å². The highest BCUT2D eigenvalue weighted by molar-refractivity contribution is 5.85. The van der Waals surface area contributed by atoms with Crippen molar-refractivity contribution < 1.29 is 18.3 Å². The highest BCUT2D eigenvalue weighted by Gasteiger charge is 2.38. The number of benzene rings is 2. The second-order valence-corrected chi connectivity index (χ2v) is 8.05. The topological polar surface area (TPSA) is 21.7 Å². The Bertz CT molecular complexity index is 858. The highest BCUT2D eigenvalue weighted by atomic mass is 19.1. The number of rotatable bonds is 5. The van der Waals surface area contributed by atoms with Gasteiger partial charge in [0.2, 0.25) is 0 Å². The monoisotopic (exact) mass is 399 g/mol. The zero-order valence-electron chi connectivity index (χ0n) is 17.1. The SMILES string of the molecule is COc1ccc(F)cc1C(=CC1CC2CCC(C1)N2C)c1cc(F)ccc1OC. The largest absolute Gasteiger partial charge is 0.496 e. The standard InChI is InChI=1S/C24H27F2NO2/c1-27-18-6-7-19(27)11-15(10-18)12-20(21-13-16(25)4-8-23(21)28-2)22-14-17(26)5-9-24(22)29-3/h4-5,8-9,12-15,18-19H,6-7,10-11H2,1-3H3. The summed E-state index contributed by atoms with van der Waals surface area (Å²) in [5, 5.41) is 0. The molecule has 2 saturated heterocycles. The molecule has 2 unspecified atom stereocenters. The van der Waals surface area contributed by atoms with Crippen LogP contribution in [0.4, 0.5) is 8.78 Å². The van der Waals surface area contributed by atoms with E-state index in [1.54, 1.807) is 26.4 Å². The Morgan fingerprint density at radius 3 is 1.83 bits per heavy atom. The van der Waals surface area contributed by atoms with Crippen molar-refractivity contribution in [1.82, 2.24) is 4.90 Å². The quantitative estimate of drug-likeness (QED) is 0.682. The fraction of sp³-hybridized carbons (Fsp3) is 0.417. The summed E-state index contributed by atoms with van der Waals surface area (Å²) in [6.07, 6.45) is 6.70. The van der Waals surface area contributed by atoms with E-state index in [2.05, 4.69) is 18.0 Å². The molecule has 0 saturated carbocycles. The van der Waals surface area contributed by atoms with E-state index in [0.29, 0.717) is 40.6 Å². The first-order valence-corrected chi connectivity index (χ1v) is 10.1. The van der Waals surface area contributed by atoms with Gasteiger partial charge in [0.15, 0.2) is 0 Å². The van der Waals surface area contributed by atoms with Gasteiger partial charge < -0.3 is 14.4 Å². The first-order valence-electron chi connectivity index (χ1n) is 10.1. The smallest absolute Gasteiger partial charge is 0.126 e. The summed E-state index contributed by atoms with van der Waals surface area (Å²) >= 11 is 0. The maximum Gasteiger partial charge on any atom is 0.126 e. The van der Waals surface area contributed by atoms with Crippen molar-refractivity contribution in [2.24, 2.45) is 5.92 Å². The molecule has 0 spiro atoms. The number of fused-ring (bicyclic) bond motifs is 2. The second-order valence-electron chi connectivity index (χ2n) is 8.05. The molecule has 29 heavy (non-hydrogen) atoms. The third-order valence-electron chi connectivity index (χ3n) is 6.44. The van der Waals surface area contributed by atoms with Crippen molar-refractivity contribution in [2.45, 2.75) is 37.8 Å². The summed E-state index contributed by atoms with van der Waals surface area (Å²) in [7, 11) is 5.33. The number of ether oxygens (including phenoxy) is 2. The predicted octanol–water partition coefficient (Wildman–Crippen LogP) is 5.29. The minimum Gasteiger partial charge on any atom is -0.496 e. The molecule has 2 aliphatic rings. The molecular formula is C24H27F2NO2. The fourth-order valence-corrected chi connectivity index (χ4v) is 4.93. The van der Waals surface area contributed by atoms with Crippen LogP contribution in [-0.4, -0.2) is 38.3 Å². The van der Waals surface area contributed by atoms with Crippen LogP contribution in [0, 0.1) is 17.6 Å². The molecule has 0 N–H and O–H groups in total. The van der Waals surface area contributed by atoms with Gasteiger partial charge in [0.25, 0.3) is 0 Å². The number of hydrogen-bond donors (Lipinski definition) is 0. The van der Waals surface area contributed by atoms with Gasteiger partial charge in [-0.1, -0.05) is 6.08 Å². The summed E-state index contributed by atoms with van der Waals surface area (Å²) in [4.78, 5) is 2.48. The summed E-state index contributed by atoms with van der Waals surface area (Å²) in [5.41, 5.74) is 1.98. The lowest BCUT2D eigenvalue weighted by atomic mass is 9.85. The van der Waals surface area contributed by atoms with E-state index in [9.17, 15) is 8.78 Å². The minimum absolute atomic E-state index is 0.333. The molecule has 2 atom stereocenters. The van der Waals surface area contributed by atoms with Gasteiger partial charge in [0.1, 0.15) is 23.1 Å². The van der Waals surface area contributed by atoms with Crippen molar-refractivity contribution in [1.29, 1.82) is 0 Å². The Labute approximate surface area is 170 Å². The number of hydrogen-bond acceptors (Lipinski definition) is 3. The van der Waals surface area contributed by atoms with Crippen LogP contribution >= 0.6 is 0 Å². The van der Waals surface area contributed by atoms with Crippen molar-refractivity contribution in [2.75, 3.05) is 21.3 Å². The van der Waals surface area contributed by atoms with Crippen LogP contribution in [0.2, 0.25) is 0 Å². The Morgan fingerprint density at radius 1 is 0.897 bits per heavy atom. The number of methoxy groups -OCH3 is 2. The highest BCUT2D eigenvalue weighted by Crippen LogP contribution is 2.42. The van der Waals surface area contributed by atoms with Crippen molar-refractivity contribution in [3.63, 3.8) is 0 Å². The molecule has 2 aliphatic heterocycles. The molecule has 2 bridgehead atoms. The normalized spacial score (nSPS) is 23.7. The maximum atomic E-state index is 14.2. The number of allylic oxidation sites excluding steroid dienone is 1. The summed E-state index contributed by atoms with van der Waals surface area (Å²) in [6.45, 7) is 0. The van der Waals surface area contributed by atoms with Crippen LogP contribution in [0.5, 0.6) is 11.5 Å². The average molecular weight is 399 g/mol. The molecular weight excluding hydrogens is 372 g/mol. The van der Waals surface area contributed by atoms with Gasteiger partial charge in [0, 0.05) is 23.2 Å². The third kappa shape index (κ3) is 3.88. The van der Waals surface area contributed by atoms with Crippen LogP contribution in [0.1, 0.15) is 36.8 Å². The molecule has 2 heterocycles. The van der Waals surface area contributed by atoms with Gasteiger partial charge in [-0.05, 0) is 80.6 Å². The van der Waals surface area contributed by atoms with E-state index < -0.39 is 0 Å². The first kappa shape index (κ1) is 19.9. The lowest BCUT2D eigenvalue weighted by Crippen LogP contribution is -2.39. The summed E-state index contributed by atoms with van der Waals surface area (Å²) in [5.74, 6) is 0.732. The molecule has 0 aliphatic carbocycles. The first-order chi connectivity index (χ1) is 14.0. The van der Waals surface area contributed by atoms with Crippen LogP contribution in [0.25, 0.3) is 5.57 Å². The summed E-state index contributed by atoms with van der Waals surface area (Å²) < 4.78 is 39.4. The van der Waals surface area contributed by atoms with Crippen LogP contribution in [-0.2, 0) is 0 Å². The van der Waals surface area contributed by atoms with E-state index in [0.717, 1.165) is 18.4 Å². The van der Waals surface area contributed by atoms with E-state index >= 15 is 0 Å². The molecule has 0 amide bonds. The Kier molecular flexibility index (Phi) is 5.59. The van der Waals surface area contributed by atoms with Gasteiger partial charge in [-0.25, -0.2) is 8.78 Å². The van der Waals surface area contributed by atoms with Crippen LogP contribution in [0.15, 0.2) is 42.5 Å². The van der Waals surface area contributed by atoms with E-state index in [1.165, 1.54) is 37.1 Å². The van der Waals surface area contributed by atoms with Crippen LogP contribution in [0.3, 0.4) is 0 Å². The average Bonchev–Trinajstić information content (AvgIpc) is 2.92. The maximum absolute atomic E-state index is 14.2. The third-order valence-corrected chi connectivity index (χ3v) is 6.44. The molecule has 5 heteroatoms. The van der Waals surface area contributed by atoms with Crippen molar-refractivity contribution in [3.05, 3.63) is 65.2 Å². The molecule has 154 valence electrons. The summed E-state index contributed by atoms with van der Waals surface area (Å²) in [6, 6.07) is 10.0. The molecule has 3 nitrogen and oxygen atoms in total. The van der Waals surface area contributed by atoms with Gasteiger partial charge in [-0.2, -0.15) is 0 Å². The van der Waals surface area contributed by atoms with E-state index in [-0.39, 0.29) is 11.6 Å². The molecule has 4 rings (SSSR count). The zero-order valence-corrected chi connectivity index (χ0v) is 17.1. The van der Waals surface area contributed by atoms with Crippen molar-refractivity contribution in [3.8, 4) is 11.5 Å². The molecule has 2 fully saturated rings.